The molecule has 1 atom stereocenters. The Morgan fingerprint density at radius 1 is 1.32 bits per heavy atom. The number of benzene rings is 1. The maximum atomic E-state index is 11.0. The molecule has 0 fully saturated rings. The van der Waals surface area contributed by atoms with Gasteiger partial charge in [-0.15, -0.1) is 12.4 Å². The van der Waals surface area contributed by atoms with Crippen LogP contribution < -0.4 is 5.32 Å². The molecule has 1 aromatic carbocycles. The van der Waals surface area contributed by atoms with E-state index in [1.165, 1.54) is 0 Å². The fourth-order valence-corrected chi connectivity index (χ4v) is 2.02. The third-order valence-corrected chi connectivity index (χ3v) is 3.33. The maximum absolute atomic E-state index is 11.0. The van der Waals surface area contributed by atoms with E-state index in [0.717, 1.165) is 17.7 Å². The van der Waals surface area contributed by atoms with Gasteiger partial charge in [0.2, 0.25) is 0 Å². The summed E-state index contributed by atoms with van der Waals surface area (Å²) in [6.45, 7) is 2.61. The predicted octanol–water partition coefficient (Wildman–Crippen LogP) is 2.93. The minimum absolute atomic E-state index is 0. The van der Waals surface area contributed by atoms with Crippen molar-refractivity contribution in [2.45, 2.75) is 25.9 Å². The predicted molar refractivity (Wildman–Crippen MR) is 86.4 cm³/mol. The first-order chi connectivity index (χ1) is 10.1. The molecule has 6 heteroatoms. The Morgan fingerprint density at radius 3 is 2.73 bits per heavy atom. The van der Waals surface area contributed by atoms with Crippen molar-refractivity contribution in [2.75, 3.05) is 6.61 Å². The number of rotatable bonds is 7. The summed E-state index contributed by atoms with van der Waals surface area (Å²) < 4.78 is 5.71. The number of aliphatic hydroxyl groups is 1. The van der Waals surface area contributed by atoms with Crippen LogP contribution in [0.2, 0.25) is 0 Å². The monoisotopic (exact) mass is 325 g/mol. The Bertz CT molecular complexity index is 608. The van der Waals surface area contributed by atoms with E-state index in [9.17, 15) is 4.79 Å². The minimum atomic E-state index is -0.959. The molecule has 0 aliphatic carbocycles. The minimum Gasteiger partial charge on any atom is -0.478 e. The van der Waals surface area contributed by atoms with Crippen molar-refractivity contribution < 1.29 is 19.4 Å². The summed E-state index contributed by atoms with van der Waals surface area (Å²) >= 11 is 0. The van der Waals surface area contributed by atoms with Crippen molar-refractivity contribution in [3.8, 4) is 11.3 Å². The summed E-state index contributed by atoms with van der Waals surface area (Å²) in [7, 11) is 0. The number of carboxylic acids is 1. The molecule has 0 aliphatic rings. The molecule has 0 bridgehead atoms. The summed E-state index contributed by atoms with van der Waals surface area (Å²) in [4.78, 5) is 11.0. The average molecular weight is 326 g/mol. The lowest BCUT2D eigenvalue weighted by atomic mass is 10.1. The molecule has 1 heterocycles. The summed E-state index contributed by atoms with van der Waals surface area (Å²) in [5, 5.41) is 21.3. The molecule has 0 saturated carbocycles. The highest BCUT2D eigenvalue weighted by Crippen LogP contribution is 2.23. The van der Waals surface area contributed by atoms with Gasteiger partial charge < -0.3 is 19.9 Å². The van der Waals surface area contributed by atoms with Gasteiger partial charge in [-0.1, -0.05) is 19.1 Å². The molecule has 0 amide bonds. The molecule has 5 nitrogen and oxygen atoms in total. The smallest absolute Gasteiger partial charge is 0.335 e. The molecule has 0 saturated heterocycles. The molecule has 0 spiro atoms. The average Bonchev–Trinajstić information content (AvgIpc) is 2.97. The van der Waals surface area contributed by atoms with Crippen LogP contribution in [0.5, 0.6) is 0 Å². The second-order valence-electron chi connectivity index (χ2n) is 4.82. The van der Waals surface area contributed by atoms with Crippen LogP contribution in [-0.4, -0.2) is 28.8 Å². The van der Waals surface area contributed by atoms with E-state index in [4.69, 9.17) is 14.6 Å². The number of carboxylic acid groups (broad SMARTS) is 1. The first-order valence-corrected chi connectivity index (χ1v) is 6.90. The molecule has 2 aromatic rings. The highest BCUT2D eigenvalue weighted by molar-refractivity contribution is 5.89. The van der Waals surface area contributed by atoms with Gasteiger partial charge in [0.25, 0.3) is 0 Å². The third kappa shape index (κ3) is 4.59. The van der Waals surface area contributed by atoms with Crippen molar-refractivity contribution in [3.63, 3.8) is 0 Å². The maximum Gasteiger partial charge on any atom is 0.335 e. The molecule has 22 heavy (non-hydrogen) atoms. The number of hydrogen-bond acceptors (Lipinski definition) is 4. The van der Waals surface area contributed by atoms with Crippen LogP contribution in [0.15, 0.2) is 40.8 Å². The summed E-state index contributed by atoms with van der Waals surface area (Å²) in [5.74, 6) is 0.420. The van der Waals surface area contributed by atoms with Gasteiger partial charge in [0, 0.05) is 11.6 Å². The number of furan rings is 1. The molecular weight excluding hydrogens is 306 g/mol. The van der Waals surface area contributed by atoms with Gasteiger partial charge in [-0.05, 0) is 30.7 Å². The van der Waals surface area contributed by atoms with E-state index < -0.39 is 5.97 Å². The van der Waals surface area contributed by atoms with Gasteiger partial charge in [0.05, 0.1) is 18.7 Å². The first kappa shape index (κ1) is 18.2. The van der Waals surface area contributed by atoms with Crippen LogP contribution in [-0.2, 0) is 6.54 Å². The van der Waals surface area contributed by atoms with E-state index in [2.05, 4.69) is 5.32 Å². The van der Waals surface area contributed by atoms with Gasteiger partial charge >= 0.3 is 5.97 Å². The Hall–Kier alpha value is -1.82. The summed E-state index contributed by atoms with van der Waals surface area (Å²) in [6, 6.07) is 10.3. The second-order valence-corrected chi connectivity index (χ2v) is 4.82. The van der Waals surface area contributed by atoms with E-state index >= 15 is 0 Å². The molecule has 120 valence electrons. The van der Waals surface area contributed by atoms with Crippen molar-refractivity contribution >= 4 is 18.4 Å². The molecule has 1 unspecified atom stereocenters. The van der Waals surface area contributed by atoms with E-state index in [1.54, 1.807) is 18.2 Å². The van der Waals surface area contributed by atoms with E-state index in [-0.39, 0.29) is 30.6 Å². The number of halogens is 1. The molecule has 2 rings (SSSR count). The summed E-state index contributed by atoms with van der Waals surface area (Å²) in [6.07, 6.45) is 0.838. The fraction of sp³-hybridized carbons (Fsp3) is 0.312. The zero-order chi connectivity index (χ0) is 15.2. The van der Waals surface area contributed by atoms with Crippen LogP contribution in [0.3, 0.4) is 0 Å². The lowest BCUT2D eigenvalue weighted by Gasteiger charge is -2.12. The van der Waals surface area contributed by atoms with Crippen LogP contribution in [0.4, 0.5) is 0 Å². The zero-order valence-corrected chi connectivity index (χ0v) is 13.1. The lowest BCUT2D eigenvalue weighted by molar-refractivity contribution is 0.0697. The van der Waals surface area contributed by atoms with Crippen molar-refractivity contribution in [2.24, 2.45) is 0 Å². The van der Waals surface area contributed by atoms with Crippen LogP contribution in [0, 0.1) is 0 Å². The van der Waals surface area contributed by atoms with Gasteiger partial charge in [-0.2, -0.15) is 0 Å². The molecular formula is C16H20ClNO4. The Kier molecular flexibility index (Phi) is 7.11. The molecule has 1 aromatic heterocycles. The topological polar surface area (TPSA) is 82.7 Å². The largest absolute Gasteiger partial charge is 0.478 e. The van der Waals surface area contributed by atoms with Crippen LogP contribution in [0.1, 0.15) is 29.5 Å². The van der Waals surface area contributed by atoms with Crippen LogP contribution >= 0.6 is 12.4 Å². The zero-order valence-electron chi connectivity index (χ0n) is 12.3. The van der Waals surface area contributed by atoms with E-state index in [0.29, 0.717) is 12.3 Å². The second kappa shape index (κ2) is 8.58. The van der Waals surface area contributed by atoms with E-state index in [1.807, 2.05) is 25.1 Å². The quantitative estimate of drug-likeness (QED) is 0.729. The summed E-state index contributed by atoms with van der Waals surface area (Å²) in [5.41, 5.74) is 0.963. The van der Waals surface area contributed by atoms with Gasteiger partial charge in [0.15, 0.2) is 0 Å². The number of nitrogens with one attached hydrogen (secondary N) is 1. The van der Waals surface area contributed by atoms with Gasteiger partial charge in [-0.3, -0.25) is 0 Å². The highest BCUT2D eigenvalue weighted by atomic mass is 35.5. The number of hydrogen-bond donors (Lipinski definition) is 3. The number of aromatic carboxylic acids is 1. The fourth-order valence-electron chi connectivity index (χ4n) is 2.02. The standard InChI is InChI=1S/C16H19NO4.ClH/c1-2-13(10-18)17-9-14-6-7-15(21-14)11-4-3-5-12(8-11)16(19)20;/h3-8,13,17-18H,2,9-10H2,1H3,(H,19,20);1H. The SMILES string of the molecule is CCC(CO)NCc1ccc(-c2cccc(C(=O)O)c2)o1.Cl. The molecule has 3 N–H and O–H groups in total. The lowest BCUT2D eigenvalue weighted by Crippen LogP contribution is -2.30. The Labute approximate surface area is 135 Å². The number of aliphatic hydroxyl groups excluding tert-OH is 1. The molecule has 0 radical (unpaired) electrons. The van der Waals surface area contributed by atoms with Gasteiger partial charge in [0.1, 0.15) is 11.5 Å². The molecule has 0 aliphatic heterocycles. The Morgan fingerprint density at radius 2 is 2.09 bits per heavy atom. The van der Waals surface area contributed by atoms with Crippen molar-refractivity contribution in [1.82, 2.24) is 5.32 Å². The normalized spacial score (nSPS) is 11.7. The third-order valence-electron chi connectivity index (χ3n) is 3.33. The van der Waals surface area contributed by atoms with Crippen molar-refractivity contribution in [1.29, 1.82) is 0 Å². The first-order valence-electron chi connectivity index (χ1n) is 6.90. The van der Waals surface area contributed by atoms with Gasteiger partial charge in [-0.25, -0.2) is 4.79 Å². The van der Waals surface area contributed by atoms with Crippen molar-refractivity contribution in [3.05, 3.63) is 47.7 Å². The highest BCUT2D eigenvalue weighted by Gasteiger charge is 2.09. The Balaban J connectivity index is 0.00000242. The van der Waals surface area contributed by atoms with Crippen LogP contribution in [0.25, 0.3) is 11.3 Å². The number of carbonyl (C=O) groups is 1.